The Hall–Kier alpha value is -4.79. The Labute approximate surface area is 331 Å². The van der Waals surface area contributed by atoms with Crippen LogP contribution in [0.15, 0.2) is 42.9 Å². The summed E-state index contributed by atoms with van der Waals surface area (Å²) in [6, 6.07) is 5.01. The van der Waals surface area contributed by atoms with Crippen molar-refractivity contribution in [3.63, 3.8) is 0 Å². The minimum atomic E-state index is -1.45. The lowest BCUT2D eigenvalue weighted by atomic mass is 10.0. The fraction of sp³-hybridized carbons (Fsp3) is 0.634. The molecule has 7 N–H and O–H groups in total. The molecule has 310 valence electrons. The average Bonchev–Trinajstić information content (AvgIpc) is 3.83. The quantitative estimate of drug-likeness (QED) is 0.0866. The summed E-state index contributed by atoms with van der Waals surface area (Å²) >= 11 is 0. The average molecular weight is 781 g/mol. The van der Waals surface area contributed by atoms with Gasteiger partial charge in [0.15, 0.2) is 0 Å². The molecular formula is C41H64N8O7. The first-order valence-electron chi connectivity index (χ1n) is 20.1. The lowest BCUT2D eigenvalue weighted by molar-refractivity contribution is -0.138. The molecule has 15 nitrogen and oxygen atoms in total. The Balaban J connectivity index is 1.73. The number of nitrogens with one attached hydrogen (secondary N) is 4. The number of unbranched alkanes of at least 4 members (excludes halogenated alkanes) is 5. The number of rotatable bonds is 24. The van der Waals surface area contributed by atoms with Crippen molar-refractivity contribution in [2.45, 2.75) is 142 Å². The van der Waals surface area contributed by atoms with E-state index in [0.717, 1.165) is 44.9 Å². The first-order valence-corrected chi connectivity index (χ1v) is 20.1. The third-order valence-electron chi connectivity index (χ3n) is 10.2. The van der Waals surface area contributed by atoms with E-state index < -0.39 is 66.4 Å². The zero-order valence-corrected chi connectivity index (χ0v) is 33.8. The molecule has 3 rings (SSSR count). The Kier molecular flexibility index (Phi) is 19.0. The van der Waals surface area contributed by atoms with Crippen LogP contribution in [0, 0.1) is 11.8 Å². The van der Waals surface area contributed by atoms with E-state index in [0.29, 0.717) is 31.6 Å². The zero-order chi connectivity index (χ0) is 41.2. The maximum Gasteiger partial charge on any atom is 0.245 e. The van der Waals surface area contributed by atoms with Crippen molar-refractivity contribution < 1.29 is 33.9 Å². The lowest BCUT2D eigenvalue weighted by Crippen LogP contribution is -2.60. The highest BCUT2D eigenvalue weighted by Crippen LogP contribution is 2.19. The van der Waals surface area contributed by atoms with E-state index in [1.165, 1.54) is 17.4 Å². The number of benzene rings is 1. The smallest absolute Gasteiger partial charge is 0.245 e. The van der Waals surface area contributed by atoms with Gasteiger partial charge in [-0.3, -0.25) is 28.8 Å². The number of hydrogen-bond donors (Lipinski definition) is 6. The van der Waals surface area contributed by atoms with Gasteiger partial charge in [-0.15, -0.1) is 0 Å². The molecule has 0 bridgehead atoms. The van der Waals surface area contributed by atoms with E-state index in [-0.39, 0.29) is 30.6 Å². The molecule has 56 heavy (non-hydrogen) atoms. The molecule has 0 radical (unpaired) electrons. The van der Waals surface area contributed by atoms with E-state index in [1.54, 1.807) is 26.4 Å². The molecule has 2 heterocycles. The van der Waals surface area contributed by atoms with Gasteiger partial charge in [0.05, 0.1) is 12.9 Å². The van der Waals surface area contributed by atoms with Gasteiger partial charge in [-0.05, 0) is 55.9 Å². The summed E-state index contributed by atoms with van der Waals surface area (Å²) in [5.41, 5.74) is 7.48. The van der Waals surface area contributed by atoms with Crippen LogP contribution in [-0.4, -0.2) is 98.4 Å². The number of aromatic nitrogens is 2. The van der Waals surface area contributed by atoms with Crippen molar-refractivity contribution in [1.82, 2.24) is 35.7 Å². The molecule has 0 saturated carbocycles. The fourth-order valence-electron chi connectivity index (χ4n) is 7.05. The van der Waals surface area contributed by atoms with Crippen LogP contribution in [-0.2, 0) is 48.2 Å². The van der Waals surface area contributed by atoms with Gasteiger partial charge in [0.2, 0.25) is 35.4 Å². The second-order valence-electron chi connectivity index (χ2n) is 15.6. The predicted octanol–water partition coefficient (Wildman–Crippen LogP) is 2.14. The second-order valence-corrected chi connectivity index (χ2v) is 15.6. The Morgan fingerprint density at radius 3 is 2.09 bits per heavy atom. The number of aliphatic hydroxyl groups excluding tert-OH is 1. The summed E-state index contributed by atoms with van der Waals surface area (Å²) in [4.78, 5) is 84.4. The molecule has 1 fully saturated rings. The van der Waals surface area contributed by atoms with E-state index in [2.05, 4.69) is 50.5 Å². The molecule has 0 spiro atoms. The topological polar surface area (TPSA) is 218 Å². The Morgan fingerprint density at radius 2 is 1.46 bits per heavy atom. The van der Waals surface area contributed by atoms with E-state index in [4.69, 9.17) is 5.73 Å². The van der Waals surface area contributed by atoms with E-state index in [9.17, 15) is 33.9 Å². The van der Waals surface area contributed by atoms with Gasteiger partial charge in [-0.1, -0.05) is 83.7 Å². The molecule has 1 aromatic carbocycles. The lowest BCUT2D eigenvalue weighted by Gasteiger charge is -2.28. The number of aliphatic hydroxyl groups is 1. The van der Waals surface area contributed by atoms with Crippen LogP contribution in [0.25, 0.3) is 0 Å². The normalized spacial score (nSPS) is 16.2. The third kappa shape index (κ3) is 14.7. The summed E-state index contributed by atoms with van der Waals surface area (Å²) in [5, 5.41) is 20.8. The highest BCUT2D eigenvalue weighted by molar-refractivity contribution is 5.96. The number of hydrogen-bond acceptors (Lipinski definition) is 8. The van der Waals surface area contributed by atoms with Crippen molar-refractivity contribution in [1.29, 1.82) is 0 Å². The minimum absolute atomic E-state index is 0.00415. The van der Waals surface area contributed by atoms with E-state index >= 15 is 0 Å². The first-order chi connectivity index (χ1) is 26.7. The number of primary amides is 1. The van der Waals surface area contributed by atoms with Crippen LogP contribution < -0.4 is 27.0 Å². The van der Waals surface area contributed by atoms with Gasteiger partial charge < -0.3 is 41.6 Å². The molecule has 0 aliphatic carbocycles. The molecule has 15 heteroatoms. The van der Waals surface area contributed by atoms with E-state index in [1.807, 2.05) is 24.5 Å². The third-order valence-corrected chi connectivity index (χ3v) is 10.2. The van der Waals surface area contributed by atoms with Crippen LogP contribution in [0.1, 0.15) is 104 Å². The van der Waals surface area contributed by atoms with Gasteiger partial charge in [-0.25, -0.2) is 4.98 Å². The number of imidazole rings is 1. The monoisotopic (exact) mass is 780 g/mol. The van der Waals surface area contributed by atoms with Crippen molar-refractivity contribution in [3.8, 4) is 0 Å². The maximum absolute atomic E-state index is 14.0. The van der Waals surface area contributed by atoms with Gasteiger partial charge in [0.1, 0.15) is 30.2 Å². The number of nitrogens with zero attached hydrogens (tertiary/aromatic N) is 3. The van der Waals surface area contributed by atoms with Crippen molar-refractivity contribution in [2.75, 3.05) is 13.2 Å². The van der Waals surface area contributed by atoms with Crippen molar-refractivity contribution in [2.24, 2.45) is 17.6 Å². The SMILES string of the molecule is CC(=O)N1CCCC1C(=O)NC(CC(C)C)C(=O)NC(Cc1cncn1CCCCCCCCc1ccccc1)C(=O)NC(CO)C(=O)NC(C(N)=O)C(C)C. The Morgan fingerprint density at radius 1 is 0.839 bits per heavy atom. The molecule has 5 unspecified atom stereocenters. The summed E-state index contributed by atoms with van der Waals surface area (Å²) in [7, 11) is 0. The maximum atomic E-state index is 14.0. The number of aryl methyl sites for hydroxylation is 2. The van der Waals surface area contributed by atoms with Crippen molar-refractivity contribution in [3.05, 3.63) is 54.1 Å². The van der Waals surface area contributed by atoms with Crippen LogP contribution in [0.5, 0.6) is 0 Å². The molecular weight excluding hydrogens is 717 g/mol. The Bertz CT molecular complexity index is 1580. The van der Waals surface area contributed by atoms with Gasteiger partial charge in [0, 0.05) is 38.3 Å². The molecule has 1 aliphatic rings. The van der Waals surface area contributed by atoms with Gasteiger partial charge >= 0.3 is 0 Å². The first kappa shape index (κ1) is 45.6. The summed E-state index contributed by atoms with van der Waals surface area (Å²) in [5.74, 6) is -3.99. The summed E-state index contributed by atoms with van der Waals surface area (Å²) in [6.45, 7) is 8.91. The standard InChI is InChI=1S/C41H64N8O7/c1-27(2)22-32(45-41(56)35-19-15-21-49(35)29(5)51)38(53)44-33(39(54)46-34(25-50)40(55)47-36(28(3)4)37(42)52)23-31-24-43-26-48(31)20-14-9-7-6-8-11-16-30-17-12-10-13-18-30/h10,12-13,17-18,24,26-28,32-36,50H,6-9,11,14-16,19-23,25H2,1-5H3,(H2,42,52)(H,44,53)(H,45,56)(H,46,54)(H,47,55). The molecule has 5 atom stereocenters. The number of nitrogens with two attached hydrogens (primary N) is 1. The van der Waals surface area contributed by atoms with Crippen LogP contribution in [0.2, 0.25) is 0 Å². The molecule has 1 aliphatic heterocycles. The fourth-order valence-corrected chi connectivity index (χ4v) is 7.05. The van der Waals surface area contributed by atoms with Crippen molar-refractivity contribution >= 4 is 35.4 Å². The molecule has 2 aromatic rings. The summed E-state index contributed by atoms with van der Waals surface area (Å²) in [6.07, 6.45) is 12.2. The highest BCUT2D eigenvalue weighted by atomic mass is 16.3. The largest absolute Gasteiger partial charge is 0.394 e. The van der Waals surface area contributed by atoms with Crippen LogP contribution in [0.4, 0.5) is 0 Å². The van der Waals surface area contributed by atoms with Crippen LogP contribution >= 0.6 is 0 Å². The minimum Gasteiger partial charge on any atom is -0.394 e. The number of carbonyl (C=O) groups is 6. The van der Waals surface area contributed by atoms with Gasteiger partial charge in [0.25, 0.3) is 0 Å². The molecule has 6 amide bonds. The number of likely N-dealkylation sites (tertiary alicyclic amines) is 1. The van der Waals surface area contributed by atoms with Crippen LogP contribution in [0.3, 0.4) is 0 Å². The number of carbonyl (C=O) groups excluding carboxylic acids is 6. The zero-order valence-electron chi connectivity index (χ0n) is 33.8. The molecule has 1 aromatic heterocycles. The predicted molar refractivity (Wildman–Crippen MR) is 212 cm³/mol. The number of amides is 6. The molecule has 1 saturated heterocycles. The summed E-state index contributed by atoms with van der Waals surface area (Å²) < 4.78 is 1.93. The highest BCUT2D eigenvalue weighted by Gasteiger charge is 2.36. The van der Waals surface area contributed by atoms with Gasteiger partial charge in [-0.2, -0.15) is 0 Å². The second kappa shape index (κ2) is 23.3.